The van der Waals surface area contributed by atoms with E-state index in [1.165, 1.54) is 6.20 Å². The van der Waals surface area contributed by atoms with Crippen LogP contribution in [0.3, 0.4) is 0 Å². The highest BCUT2D eigenvalue weighted by Crippen LogP contribution is 2.25. The number of hydrogen-bond acceptors (Lipinski definition) is 6. The van der Waals surface area contributed by atoms with Crippen molar-refractivity contribution < 1.29 is 9.53 Å². The molecule has 1 aliphatic heterocycles. The normalized spacial score (nSPS) is 14.3. The number of aromatic nitrogens is 3. The summed E-state index contributed by atoms with van der Waals surface area (Å²) in [5.74, 6) is 0.500. The van der Waals surface area contributed by atoms with Gasteiger partial charge in [0.05, 0.1) is 18.8 Å². The summed E-state index contributed by atoms with van der Waals surface area (Å²) in [5, 5.41) is 19.0. The van der Waals surface area contributed by atoms with Crippen LogP contribution in [-0.4, -0.2) is 47.4 Å². The Hall–Kier alpha value is -2.92. The molecule has 2 aromatic heterocycles. The number of anilines is 2. The Kier molecular flexibility index (Phi) is 4.21. The van der Waals surface area contributed by atoms with Crippen LogP contribution in [0.1, 0.15) is 21.5 Å². The topological polar surface area (TPSA) is 107 Å². The molecule has 0 atom stereocenters. The number of carbonyl (C=O) groups excluding carboxylic acids is 1. The first-order valence-electron chi connectivity index (χ1n) is 7.24. The largest absolute Gasteiger partial charge is 0.378 e. The molecule has 3 heterocycles. The Bertz CT molecular complexity index is 758. The van der Waals surface area contributed by atoms with Crippen molar-refractivity contribution in [1.82, 2.24) is 15.2 Å². The molecular formula is C15H16N6O2. The number of aromatic amines is 1. The van der Waals surface area contributed by atoms with Crippen molar-refractivity contribution in [2.45, 2.75) is 6.92 Å². The van der Waals surface area contributed by atoms with E-state index in [2.05, 4.69) is 26.6 Å². The lowest BCUT2D eigenvalue weighted by Gasteiger charge is -2.26. The van der Waals surface area contributed by atoms with Gasteiger partial charge in [-0.1, -0.05) is 0 Å². The minimum absolute atomic E-state index is 0.294. The third-order valence-electron chi connectivity index (χ3n) is 3.69. The average molecular weight is 312 g/mol. The van der Waals surface area contributed by atoms with Crippen molar-refractivity contribution in [2.24, 2.45) is 0 Å². The molecule has 0 aromatic carbocycles. The Balaban J connectivity index is 1.84. The number of nitrogens with zero attached hydrogens (tertiary/aromatic N) is 4. The molecule has 8 heteroatoms. The Morgan fingerprint density at radius 2 is 2.26 bits per heavy atom. The molecule has 2 N–H and O–H groups in total. The van der Waals surface area contributed by atoms with Crippen molar-refractivity contribution in [3.63, 3.8) is 0 Å². The Morgan fingerprint density at radius 3 is 2.96 bits per heavy atom. The van der Waals surface area contributed by atoms with E-state index in [0.717, 1.165) is 5.56 Å². The number of nitrogens with one attached hydrogen (secondary N) is 2. The summed E-state index contributed by atoms with van der Waals surface area (Å²) < 4.78 is 5.30. The fraction of sp³-hybridized carbons (Fsp3) is 0.333. The van der Waals surface area contributed by atoms with Crippen LogP contribution in [0.2, 0.25) is 0 Å². The highest BCUT2D eigenvalue weighted by molar-refractivity contribution is 6.05. The third kappa shape index (κ3) is 3.00. The second-order valence-corrected chi connectivity index (χ2v) is 5.15. The molecule has 1 saturated heterocycles. The first kappa shape index (κ1) is 15.0. The summed E-state index contributed by atoms with van der Waals surface area (Å²) in [7, 11) is 0. The van der Waals surface area contributed by atoms with E-state index in [-0.39, 0.29) is 5.91 Å². The fourth-order valence-corrected chi connectivity index (χ4v) is 2.42. The lowest BCUT2D eigenvalue weighted by atomic mass is 10.1. The van der Waals surface area contributed by atoms with Crippen LogP contribution >= 0.6 is 0 Å². The molecule has 1 fully saturated rings. The summed E-state index contributed by atoms with van der Waals surface area (Å²) in [6.07, 6.45) is 3.12. The molecule has 3 rings (SSSR count). The smallest absolute Gasteiger partial charge is 0.258 e. The maximum Gasteiger partial charge on any atom is 0.258 e. The second-order valence-electron chi connectivity index (χ2n) is 5.15. The van der Waals surface area contributed by atoms with Crippen molar-refractivity contribution in [3.8, 4) is 6.07 Å². The number of carbonyl (C=O) groups is 1. The predicted molar refractivity (Wildman–Crippen MR) is 83.3 cm³/mol. The standard InChI is InChI=1S/C15H16N6O2/c1-10-2-3-17-9-12(10)15(22)18-13-11(8-16)14(20-19-13)21-4-6-23-7-5-21/h2-3,9H,4-7H2,1H3,(H2,18,19,20,22). The maximum atomic E-state index is 12.3. The molecule has 0 radical (unpaired) electrons. The summed E-state index contributed by atoms with van der Waals surface area (Å²) in [6, 6.07) is 3.86. The summed E-state index contributed by atoms with van der Waals surface area (Å²) in [5.41, 5.74) is 1.59. The van der Waals surface area contributed by atoms with Gasteiger partial charge in [-0.15, -0.1) is 0 Å². The lowest BCUT2D eigenvalue weighted by Crippen LogP contribution is -2.36. The van der Waals surface area contributed by atoms with Gasteiger partial charge in [0, 0.05) is 25.5 Å². The number of nitriles is 1. The first-order chi connectivity index (χ1) is 11.2. The van der Waals surface area contributed by atoms with Crippen LogP contribution in [0.5, 0.6) is 0 Å². The van der Waals surface area contributed by atoms with E-state index in [1.54, 1.807) is 12.3 Å². The Labute approximate surface area is 133 Å². The molecule has 118 valence electrons. The number of rotatable bonds is 3. The number of H-pyrrole nitrogens is 1. The molecule has 0 bridgehead atoms. The SMILES string of the molecule is Cc1ccncc1C(=O)Nc1[nH]nc(N2CCOCC2)c1C#N. The van der Waals surface area contributed by atoms with Crippen molar-refractivity contribution >= 4 is 17.5 Å². The molecule has 8 nitrogen and oxygen atoms in total. The van der Waals surface area contributed by atoms with E-state index in [1.807, 2.05) is 11.8 Å². The zero-order valence-corrected chi connectivity index (χ0v) is 12.7. The van der Waals surface area contributed by atoms with E-state index < -0.39 is 0 Å². The summed E-state index contributed by atoms with van der Waals surface area (Å²) >= 11 is 0. The minimum Gasteiger partial charge on any atom is -0.378 e. The number of ether oxygens (including phenoxy) is 1. The van der Waals surface area contributed by atoms with Gasteiger partial charge in [0.2, 0.25) is 0 Å². The minimum atomic E-state index is -0.329. The third-order valence-corrected chi connectivity index (χ3v) is 3.69. The molecule has 2 aromatic rings. The van der Waals surface area contributed by atoms with Gasteiger partial charge in [-0.3, -0.25) is 14.9 Å². The number of pyridine rings is 1. The van der Waals surface area contributed by atoms with Gasteiger partial charge < -0.3 is 15.0 Å². The van der Waals surface area contributed by atoms with Crippen LogP contribution in [0.15, 0.2) is 18.5 Å². The fourth-order valence-electron chi connectivity index (χ4n) is 2.42. The lowest BCUT2D eigenvalue weighted by molar-refractivity contribution is 0.102. The number of morpholine rings is 1. The van der Waals surface area contributed by atoms with E-state index >= 15 is 0 Å². The molecule has 23 heavy (non-hydrogen) atoms. The van der Waals surface area contributed by atoms with Crippen LogP contribution in [0.25, 0.3) is 0 Å². The van der Waals surface area contributed by atoms with Crippen LogP contribution < -0.4 is 10.2 Å². The van der Waals surface area contributed by atoms with E-state index in [4.69, 9.17) is 4.74 Å². The van der Waals surface area contributed by atoms with Gasteiger partial charge in [0.1, 0.15) is 17.5 Å². The molecule has 0 saturated carbocycles. The molecule has 0 aliphatic carbocycles. The van der Waals surface area contributed by atoms with Crippen molar-refractivity contribution in [2.75, 3.05) is 36.5 Å². The zero-order valence-electron chi connectivity index (χ0n) is 12.7. The molecular weight excluding hydrogens is 296 g/mol. The van der Waals surface area contributed by atoms with Crippen LogP contribution in [-0.2, 0) is 4.74 Å². The number of amides is 1. The van der Waals surface area contributed by atoms with E-state index in [0.29, 0.717) is 49.1 Å². The summed E-state index contributed by atoms with van der Waals surface area (Å²) in [6.45, 7) is 4.33. The predicted octanol–water partition coefficient (Wildman–Crippen LogP) is 1.07. The monoisotopic (exact) mass is 312 g/mol. The highest BCUT2D eigenvalue weighted by atomic mass is 16.5. The number of aryl methyl sites for hydroxylation is 1. The molecule has 1 amide bonds. The van der Waals surface area contributed by atoms with Gasteiger partial charge in [0.15, 0.2) is 5.82 Å². The highest BCUT2D eigenvalue weighted by Gasteiger charge is 2.22. The van der Waals surface area contributed by atoms with Crippen molar-refractivity contribution in [3.05, 3.63) is 35.2 Å². The quantitative estimate of drug-likeness (QED) is 0.878. The Morgan fingerprint density at radius 1 is 1.48 bits per heavy atom. The summed E-state index contributed by atoms with van der Waals surface area (Å²) in [4.78, 5) is 18.3. The second kappa shape index (κ2) is 6.46. The van der Waals surface area contributed by atoms with Gasteiger partial charge >= 0.3 is 0 Å². The molecule has 0 unspecified atom stereocenters. The van der Waals surface area contributed by atoms with Crippen LogP contribution in [0, 0.1) is 18.3 Å². The van der Waals surface area contributed by atoms with Crippen molar-refractivity contribution in [1.29, 1.82) is 5.26 Å². The molecule has 0 spiro atoms. The van der Waals surface area contributed by atoms with Crippen LogP contribution in [0.4, 0.5) is 11.6 Å². The van der Waals surface area contributed by atoms with Gasteiger partial charge in [-0.05, 0) is 18.6 Å². The average Bonchev–Trinajstić information content (AvgIpc) is 2.98. The zero-order chi connectivity index (χ0) is 16.2. The van der Waals surface area contributed by atoms with Gasteiger partial charge in [-0.25, -0.2) is 0 Å². The van der Waals surface area contributed by atoms with E-state index in [9.17, 15) is 10.1 Å². The van der Waals surface area contributed by atoms with Gasteiger partial charge in [-0.2, -0.15) is 10.4 Å². The van der Waals surface area contributed by atoms with Gasteiger partial charge in [0.25, 0.3) is 5.91 Å². The first-order valence-corrected chi connectivity index (χ1v) is 7.24. The number of hydrogen-bond donors (Lipinski definition) is 2. The maximum absolute atomic E-state index is 12.3. The molecule has 1 aliphatic rings.